The fourth-order valence-electron chi connectivity index (χ4n) is 5.76. The number of carbonyl (C=O) groups excluding carboxylic acids is 1. The Bertz CT molecular complexity index is 1330. The molecule has 3 aromatic carbocycles. The van der Waals surface area contributed by atoms with Crippen LogP contribution in [0.2, 0.25) is 0 Å². The normalized spacial score (nSPS) is 20.4. The Morgan fingerprint density at radius 3 is 2.36 bits per heavy atom. The summed E-state index contributed by atoms with van der Waals surface area (Å²) in [5.74, 6) is -1.47. The zero-order valence-electron chi connectivity index (χ0n) is 19.7. The van der Waals surface area contributed by atoms with Gasteiger partial charge in [0, 0.05) is 17.5 Å². The lowest BCUT2D eigenvalue weighted by Gasteiger charge is -2.44. The van der Waals surface area contributed by atoms with Gasteiger partial charge in [-0.1, -0.05) is 54.6 Å². The van der Waals surface area contributed by atoms with Gasteiger partial charge in [0.05, 0.1) is 32.4 Å². The molecule has 0 N–H and O–H groups in total. The summed E-state index contributed by atoms with van der Waals surface area (Å²) in [5.41, 5.74) is 5.72. The number of benzene rings is 3. The van der Waals surface area contributed by atoms with E-state index >= 15 is 0 Å². The topological polar surface area (TPSA) is 48.0 Å². The first-order valence-electron chi connectivity index (χ1n) is 12.0. The number of nitrogens with zero attached hydrogens (tertiary/aromatic N) is 1. The van der Waals surface area contributed by atoms with Crippen LogP contribution in [0.25, 0.3) is 16.7 Å². The van der Waals surface area contributed by atoms with Crippen LogP contribution in [0.15, 0.2) is 66.7 Å². The molecule has 6 rings (SSSR count). The van der Waals surface area contributed by atoms with Crippen molar-refractivity contribution in [3.05, 3.63) is 95.1 Å². The van der Waals surface area contributed by atoms with Gasteiger partial charge in [-0.2, -0.15) is 0 Å². The summed E-state index contributed by atoms with van der Waals surface area (Å²) < 4.78 is 45.2. The van der Waals surface area contributed by atoms with E-state index in [1.807, 2.05) is 30.3 Å². The molecule has 36 heavy (non-hydrogen) atoms. The Morgan fingerprint density at radius 2 is 1.69 bits per heavy atom. The van der Waals surface area contributed by atoms with E-state index in [1.54, 1.807) is 4.90 Å². The van der Waals surface area contributed by atoms with Gasteiger partial charge in [0.25, 0.3) is 0 Å². The molecule has 0 radical (unpaired) electrons. The van der Waals surface area contributed by atoms with Crippen molar-refractivity contribution < 1.29 is 27.8 Å². The number of hydrogen-bond donors (Lipinski definition) is 0. The number of fused-ring (bicyclic) bond motifs is 5. The van der Waals surface area contributed by atoms with Crippen LogP contribution in [-0.2, 0) is 9.47 Å². The van der Waals surface area contributed by atoms with Gasteiger partial charge in [0.1, 0.15) is 12.4 Å². The summed E-state index contributed by atoms with van der Waals surface area (Å²) in [6, 6.07) is 17.8. The van der Waals surface area contributed by atoms with Gasteiger partial charge in [0.2, 0.25) is 0 Å². The number of hydrogen-bond acceptors (Lipinski definition) is 4. The quantitative estimate of drug-likeness (QED) is 0.466. The van der Waals surface area contributed by atoms with Crippen LogP contribution >= 0.6 is 0 Å². The van der Waals surface area contributed by atoms with Gasteiger partial charge in [0.15, 0.2) is 11.6 Å². The molecule has 1 saturated heterocycles. The van der Waals surface area contributed by atoms with Crippen LogP contribution in [0.1, 0.15) is 29.0 Å². The Balaban J connectivity index is 1.24. The van der Waals surface area contributed by atoms with Gasteiger partial charge in [-0.15, -0.1) is 0 Å². The first kappa shape index (κ1) is 22.7. The fraction of sp³-hybridized carbons (Fsp3) is 0.276. The summed E-state index contributed by atoms with van der Waals surface area (Å²) in [6.45, 7) is 0.825. The number of morpholine rings is 1. The highest BCUT2D eigenvalue weighted by Gasteiger charge is 2.40. The van der Waals surface area contributed by atoms with Crippen molar-refractivity contribution in [2.24, 2.45) is 0 Å². The molecule has 1 amide bonds. The maximum Gasteiger partial charge on any atom is 0.410 e. The van der Waals surface area contributed by atoms with E-state index in [0.717, 1.165) is 22.8 Å². The first-order chi connectivity index (χ1) is 17.5. The van der Waals surface area contributed by atoms with Crippen molar-refractivity contribution in [3.63, 3.8) is 0 Å². The van der Waals surface area contributed by atoms with E-state index in [0.29, 0.717) is 18.6 Å². The van der Waals surface area contributed by atoms with Gasteiger partial charge >= 0.3 is 6.09 Å². The molecule has 7 heteroatoms. The third-order valence-electron chi connectivity index (χ3n) is 7.30. The van der Waals surface area contributed by atoms with Crippen LogP contribution in [-0.4, -0.2) is 50.0 Å². The summed E-state index contributed by atoms with van der Waals surface area (Å²) in [6.07, 6.45) is 1.79. The van der Waals surface area contributed by atoms with Gasteiger partial charge in [-0.05, 0) is 40.3 Å². The molecule has 3 aromatic rings. The summed E-state index contributed by atoms with van der Waals surface area (Å²) in [7, 11) is 1.36. The number of ether oxygens (including phenoxy) is 3. The van der Waals surface area contributed by atoms with E-state index in [4.69, 9.17) is 14.2 Å². The minimum atomic E-state index is -0.756. The predicted molar refractivity (Wildman–Crippen MR) is 131 cm³/mol. The second-order valence-corrected chi connectivity index (χ2v) is 9.33. The van der Waals surface area contributed by atoms with E-state index in [2.05, 4.69) is 24.3 Å². The van der Waals surface area contributed by atoms with Gasteiger partial charge in [-0.3, -0.25) is 4.90 Å². The molecule has 0 saturated carbocycles. The standard InChI is InChI=1S/C29H25F2NO4/c1-34-28-25(12-18(30)13-27(28)31)17-10-19-14-35-15-20(11-17)32(19)29(33)36-16-26-23-8-4-2-6-21(23)22-7-3-5-9-24(22)26/h2-10,12-13,19-20,26H,11,14-16H2,1H3. The third kappa shape index (κ3) is 3.75. The second-order valence-electron chi connectivity index (χ2n) is 9.33. The zero-order valence-corrected chi connectivity index (χ0v) is 19.7. The molecule has 0 spiro atoms. The molecule has 1 aliphatic carbocycles. The average molecular weight is 490 g/mol. The summed E-state index contributed by atoms with van der Waals surface area (Å²) in [4.78, 5) is 15.0. The molecule has 2 aliphatic heterocycles. The highest BCUT2D eigenvalue weighted by Crippen LogP contribution is 2.45. The lowest BCUT2D eigenvalue weighted by molar-refractivity contribution is -0.0331. The fourth-order valence-corrected chi connectivity index (χ4v) is 5.76. The van der Waals surface area contributed by atoms with E-state index in [9.17, 15) is 13.6 Å². The van der Waals surface area contributed by atoms with E-state index < -0.39 is 23.8 Å². The Morgan fingerprint density at radius 1 is 1.00 bits per heavy atom. The van der Waals surface area contributed by atoms with Crippen LogP contribution < -0.4 is 4.74 Å². The molecule has 2 unspecified atom stereocenters. The monoisotopic (exact) mass is 489 g/mol. The van der Waals surface area contributed by atoms with Crippen LogP contribution in [0, 0.1) is 11.6 Å². The van der Waals surface area contributed by atoms with Crippen molar-refractivity contribution in [2.45, 2.75) is 24.4 Å². The van der Waals surface area contributed by atoms with Crippen LogP contribution in [0.3, 0.4) is 0 Å². The van der Waals surface area contributed by atoms with Gasteiger partial charge in [-0.25, -0.2) is 13.6 Å². The molecule has 3 aliphatic rings. The van der Waals surface area contributed by atoms with Crippen molar-refractivity contribution in [3.8, 4) is 16.9 Å². The number of methoxy groups -OCH3 is 1. The Hall–Kier alpha value is -3.71. The maximum absolute atomic E-state index is 14.3. The SMILES string of the molecule is COc1c(F)cc(F)cc1C1=CC2COCC(C1)N2C(=O)OCC1c2ccccc2-c2ccccc21. The number of carbonyl (C=O) groups is 1. The average Bonchev–Trinajstić information content (AvgIpc) is 3.20. The maximum atomic E-state index is 14.3. The highest BCUT2D eigenvalue weighted by atomic mass is 19.1. The largest absolute Gasteiger partial charge is 0.493 e. The zero-order chi connectivity index (χ0) is 24.8. The molecule has 2 bridgehead atoms. The van der Waals surface area contributed by atoms with Crippen LogP contribution in [0.4, 0.5) is 13.6 Å². The number of amides is 1. The lowest BCUT2D eigenvalue weighted by atomic mass is 9.89. The molecule has 184 valence electrons. The molecule has 0 aromatic heterocycles. The second kappa shape index (κ2) is 9.06. The molecule has 2 atom stereocenters. The van der Waals surface area contributed by atoms with Crippen molar-refractivity contribution in [2.75, 3.05) is 26.9 Å². The third-order valence-corrected chi connectivity index (χ3v) is 7.30. The minimum absolute atomic E-state index is 0.00349. The van der Waals surface area contributed by atoms with Crippen LogP contribution in [0.5, 0.6) is 5.75 Å². The molecule has 2 heterocycles. The van der Waals surface area contributed by atoms with Crippen molar-refractivity contribution in [1.29, 1.82) is 0 Å². The van der Waals surface area contributed by atoms with Crippen molar-refractivity contribution >= 4 is 11.7 Å². The number of halogens is 2. The minimum Gasteiger partial charge on any atom is -0.493 e. The first-order valence-corrected chi connectivity index (χ1v) is 12.0. The highest BCUT2D eigenvalue weighted by molar-refractivity contribution is 5.80. The Kier molecular flexibility index (Phi) is 5.72. The molecular formula is C29H25F2NO4. The smallest absolute Gasteiger partial charge is 0.410 e. The summed E-state index contributed by atoms with van der Waals surface area (Å²) in [5, 5.41) is 0. The summed E-state index contributed by atoms with van der Waals surface area (Å²) >= 11 is 0. The van der Waals surface area contributed by atoms with E-state index in [-0.39, 0.29) is 30.9 Å². The van der Waals surface area contributed by atoms with Crippen molar-refractivity contribution in [1.82, 2.24) is 4.90 Å². The predicted octanol–water partition coefficient (Wildman–Crippen LogP) is 5.78. The molecule has 5 nitrogen and oxygen atoms in total. The number of rotatable bonds is 4. The molecular weight excluding hydrogens is 464 g/mol. The molecule has 1 fully saturated rings. The Labute approximate surface area is 207 Å². The van der Waals surface area contributed by atoms with E-state index in [1.165, 1.54) is 24.3 Å². The van der Waals surface area contributed by atoms with Gasteiger partial charge < -0.3 is 14.2 Å². The lowest BCUT2D eigenvalue weighted by Crippen LogP contribution is -2.56.